The molecular formula is C15H19IN2O3S4. The fourth-order valence-corrected chi connectivity index (χ4v) is 8.62. The van der Waals surface area contributed by atoms with Gasteiger partial charge in [0.25, 0.3) is 5.91 Å². The van der Waals surface area contributed by atoms with Crippen molar-refractivity contribution in [2.24, 2.45) is 0 Å². The van der Waals surface area contributed by atoms with E-state index in [1.165, 1.54) is 34.4 Å². The molecule has 1 N–H and O–H groups in total. The van der Waals surface area contributed by atoms with Crippen LogP contribution in [0, 0.1) is 3.57 Å². The van der Waals surface area contributed by atoms with Crippen molar-refractivity contribution in [2.45, 2.75) is 48.0 Å². The number of carbonyl (C=O) groups is 1. The maximum absolute atomic E-state index is 12.7. The average molecular weight is 531 g/mol. The highest BCUT2D eigenvalue weighted by Crippen LogP contribution is 2.41. The highest BCUT2D eigenvalue weighted by molar-refractivity contribution is 14.1. The molecule has 25 heavy (non-hydrogen) atoms. The number of aromatic nitrogens is 1. The fraction of sp³-hybridized carbons (Fsp3) is 0.467. The van der Waals surface area contributed by atoms with Crippen molar-refractivity contribution in [3.8, 4) is 0 Å². The summed E-state index contributed by atoms with van der Waals surface area (Å²) in [5.74, 6) is 0.0236. The van der Waals surface area contributed by atoms with Gasteiger partial charge in [-0.25, -0.2) is 13.4 Å². The number of sulfone groups is 1. The Hall–Kier alpha value is -0.170. The summed E-state index contributed by atoms with van der Waals surface area (Å²) in [5.41, 5.74) is 0. The van der Waals surface area contributed by atoms with Crippen LogP contribution in [0.25, 0.3) is 0 Å². The van der Waals surface area contributed by atoms with Crippen LogP contribution >= 0.6 is 57.0 Å². The third-order valence-corrected chi connectivity index (χ3v) is 11.2. The number of thiazole rings is 1. The van der Waals surface area contributed by atoms with E-state index in [9.17, 15) is 13.2 Å². The number of carbonyl (C=O) groups excluding carboxylic acids is 1. The number of hydrogen-bond acceptors (Lipinski definition) is 7. The van der Waals surface area contributed by atoms with Crippen LogP contribution in [0.4, 0.5) is 5.13 Å². The zero-order valence-electron chi connectivity index (χ0n) is 14.4. The average Bonchev–Trinajstić information content (AvgIpc) is 3.11. The molecule has 1 amide bonds. The van der Waals surface area contributed by atoms with Gasteiger partial charge in [-0.3, -0.25) is 10.1 Å². The predicted octanol–water partition coefficient (Wildman–Crippen LogP) is 5.09. The molecular weight excluding hydrogens is 511 g/mol. The van der Waals surface area contributed by atoms with Gasteiger partial charge in [-0.2, -0.15) is 0 Å². The normalized spacial score (nSPS) is 12.2. The highest BCUT2D eigenvalue weighted by atomic mass is 127. The van der Waals surface area contributed by atoms with Crippen molar-refractivity contribution in [2.75, 3.05) is 11.6 Å². The first-order valence-corrected chi connectivity index (χ1v) is 12.9. The standard InChI is InChI=1S/C15H19IN2O3S4/c1-7(2)9-6-17-15(23-9)18-13(19)11-10(16)12(14(22-5)24-11)25(20,21)8(3)4/h6-8H,1-5H3,(H,17,18,19). The minimum absolute atomic E-state index is 0.271. The van der Waals surface area contributed by atoms with E-state index in [-0.39, 0.29) is 10.8 Å². The van der Waals surface area contributed by atoms with Gasteiger partial charge in [0.15, 0.2) is 15.0 Å². The first-order chi connectivity index (χ1) is 11.6. The Morgan fingerprint density at radius 1 is 1.28 bits per heavy atom. The number of hydrogen-bond donors (Lipinski definition) is 1. The molecule has 0 saturated carbocycles. The van der Waals surface area contributed by atoms with Crippen LogP contribution in [0.5, 0.6) is 0 Å². The summed E-state index contributed by atoms with van der Waals surface area (Å²) >= 11 is 5.95. The van der Waals surface area contributed by atoms with Gasteiger partial charge < -0.3 is 0 Å². The predicted molar refractivity (Wildman–Crippen MR) is 115 cm³/mol. The Kier molecular flexibility index (Phi) is 6.96. The molecule has 2 aromatic heterocycles. The molecule has 0 aromatic carbocycles. The highest BCUT2D eigenvalue weighted by Gasteiger charge is 2.31. The first-order valence-electron chi connectivity index (χ1n) is 7.46. The van der Waals surface area contributed by atoms with Crippen LogP contribution in [0.3, 0.4) is 0 Å². The van der Waals surface area contributed by atoms with Crippen molar-refractivity contribution < 1.29 is 13.2 Å². The van der Waals surface area contributed by atoms with Gasteiger partial charge >= 0.3 is 0 Å². The van der Waals surface area contributed by atoms with Crippen molar-refractivity contribution in [3.05, 3.63) is 19.5 Å². The molecule has 10 heteroatoms. The Labute approximate surface area is 174 Å². The van der Waals surface area contributed by atoms with Crippen LogP contribution in [-0.4, -0.2) is 30.8 Å². The molecule has 0 unspecified atom stereocenters. The quantitative estimate of drug-likeness (QED) is 0.416. The number of nitrogens with zero attached hydrogens (tertiary/aromatic N) is 1. The zero-order valence-corrected chi connectivity index (χ0v) is 19.8. The van der Waals surface area contributed by atoms with E-state index in [1.54, 1.807) is 20.0 Å². The van der Waals surface area contributed by atoms with E-state index in [2.05, 4.69) is 24.1 Å². The van der Waals surface area contributed by atoms with Gasteiger partial charge in [-0.15, -0.1) is 34.4 Å². The lowest BCUT2D eigenvalue weighted by atomic mass is 10.2. The van der Waals surface area contributed by atoms with Gasteiger partial charge in [-0.05, 0) is 48.6 Å². The third-order valence-electron chi connectivity index (χ3n) is 3.39. The second kappa shape index (κ2) is 8.24. The summed E-state index contributed by atoms with van der Waals surface area (Å²) in [4.78, 5) is 18.6. The molecule has 0 fully saturated rings. The molecule has 0 aliphatic heterocycles. The van der Waals surface area contributed by atoms with Crippen molar-refractivity contribution in [1.29, 1.82) is 0 Å². The topological polar surface area (TPSA) is 76.1 Å². The molecule has 5 nitrogen and oxygen atoms in total. The Morgan fingerprint density at radius 2 is 1.92 bits per heavy atom. The smallest absolute Gasteiger partial charge is 0.268 e. The number of thioether (sulfide) groups is 1. The number of rotatable bonds is 6. The number of anilines is 1. The molecule has 0 bridgehead atoms. The van der Waals surface area contributed by atoms with Crippen LogP contribution in [0.2, 0.25) is 0 Å². The lowest BCUT2D eigenvalue weighted by Gasteiger charge is -2.08. The Morgan fingerprint density at radius 3 is 2.40 bits per heavy atom. The van der Waals surface area contributed by atoms with Crippen molar-refractivity contribution >= 4 is 77.9 Å². The van der Waals surface area contributed by atoms with E-state index in [0.29, 0.717) is 23.7 Å². The largest absolute Gasteiger partial charge is 0.297 e. The van der Waals surface area contributed by atoms with Gasteiger partial charge in [-0.1, -0.05) is 13.8 Å². The van der Waals surface area contributed by atoms with Gasteiger partial charge in [0.05, 0.1) is 13.0 Å². The maximum atomic E-state index is 12.7. The van der Waals surface area contributed by atoms with E-state index in [1.807, 2.05) is 28.8 Å². The van der Waals surface area contributed by atoms with E-state index >= 15 is 0 Å². The summed E-state index contributed by atoms with van der Waals surface area (Å²) in [6, 6.07) is 0. The first kappa shape index (κ1) is 21.1. The Balaban J connectivity index is 2.39. The van der Waals surface area contributed by atoms with E-state index < -0.39 is 15.1 Å². The lowest BCUT2D eigenvalue weighted by molar-refractivity contribution is 0.102. The number of thiophene rings is 1. The molecule has 138 valence electrons. The SMILES string of the molecule is CSc1sc(C(=O)Nc2ncc(C(C)C)s2)c(I)c1S(=O)(=O)C(C)C. The molecule has 0 aliphatic carbocycles. The number of nitrogens with one attached hydrogen (secondary N) is 1. The summed E-state index contributed by atoms with van der Waals surface area (Å²) in [7, 11) is -3.45. The molecule has 0 spiro atoms. The van der Waals surface area contributed by atoms with Gasteiger partial charge in [0, 0.05) is 11.1 Å². The molecule has 2 heterocycles. The fourth-order valence-electron chi connectivity index (χ4n) is 1.90. The summed E-state index contributed by atoms with van der Waals surface area (Å²) < 4.78 is 26.4. The van der Waals surface area contributed by atoms with Crippen LogP contribution < -0.4 is 5.32 Å². The maximum Gasteiger partial charge on any atom is 0.268 e. The minimum atomic E-state index is -3.45. The zero-order chi connectivity index (χ0) is 18.9. The number of amides is 1. The van der Waals surface area contributed by atoms with Crippen molar-refractivity contribution in [1.82, 2.24) is 4.98 Å². The van der Waals surface area contributed by atoms with Gasteiger partial charge in [0.1, 0.15) is 9.77 Å². The summed E-state index contributed by atoms with van der Waals surface area (Å²) in [6.07, 6.45) is 3.57. The molecule has 0 radical (unpaired) electrons. The van der Waals surface area contributed by atoms with E-state index in [0.717, 1.165) is 4.88 Å². The monoisotopic (exact) mass is 530 g/mol. The van der Waals surface area contributed by atoms with Gasteiger partial charge in [0.2, 0.25) is 0 Å². The molecule has 2 aromatic rings. The second-order valence-corrected chi connectivity index (χ2v) is 12.5. The molecule has 2 rings (SSSR count). The van der Waals surface area contributed by atoms with E-state index in [4.69, 9.17) is 0 Å². The summed E-state index contributed by atoms with van der Waals surface area (Å²) in [6.45, 7) is 7.43. The molecule has 0 atom stereocenters. The van der Waals surface area contributed by atoms with Crippen LogP contribution in [0.1, 0.15) is 48.2 Å². The molecule has 0 aliphatic rings. The molecule has 0 saturated heterocycles. The minimum Gasteiger partial charge on any atom is -0.297 e. The second-order valence-electron chi connectivity index (χ2n) is 5.84. The van der Waals surface area contributed by atoms with Crippen LogP contribution in [-0.2, 0) is 9.84 Å². The Bertz CT molecular complexity index is 885. The lowest BCUT2D eigenvalue weighted by Crippen LogP contribution is -2.16. The summed E-state index contributed by atoms with van der Waals surface area (Å²) in [5, 5.41) is 2.78. The van der Waals surface area contributed by atoms with Crippen LogP contribution in [0.15, 0.2) is 15.3 Å². The third kappa shape index (κ3) is 4.40. The van der Waals surface area contributed by atoms with Crippen molar-refractivity contribution in [3.63, 3.8) is 0 Å². The number of halogens is 1.